The fraction of sp³-hybridized carbons (Fsp3) is 0.556. The van der Waals surface area contributed by atoms with Gasteiger partial charge >= 0.3 is 0 Å². The van der Waals surface area contributed by atoms with E-state index < -0.39 is 0 Å². The second-order valence-corrected chi connectivity index (χ2v) is 3.11. The Bertz CT molecular complexity index is 246. The summed E-state index contributed by atoms with van der Waals surface area (Å²) in [4.78, 5) is 8.07. The van der Waals surface area contributed by atoms with Crippen molar-refractivity contribution < 1.29 is 4.74 Å². The molecule has 4 heteroatoms. The van der Waals surface area contributed by atoms with E-state index in [4.69, 9.17) is 4.74 Å². The molecule has 0 spiro atoms. The lowest BCUT2D eigenvalue weighted by molar-refractivity contribution is 0.120. The van der Waals surface area contributed by atoms with E-state index in [2.05, 4.69) is 15.3 Å². The minimum atomic E-state index is 0.349. The van der Waals surface area contributed by atoms with Gasteiger partial charge in [0.15, 0.2) is 0 Å². The zero-order valence-electron chi connectivity index (χ0n) is 7.44. The molecule has 1 fully saturated rings. The van der Waals surface area contributed by atoms with Gasteiger partial charge in [-0.3, -0.25) is 4.98 Å². The summed E-state index contributed by atoms with van der Waals surface area (Å²) in [5, 5.41) is 3.19. The molecule has 1 atom stereocenters. The van der Waals surface area contributed by atoms with Crippen LogP contribution in [-0.2, 0) is 4.74 Å². The van der Waals surface area contributed by atoms with Crippen molar-refractivity contribution in [2.75, 3.05) is 18.5 Å². The molecule has 1 aromatic rings. The number of hydrogen-bond acceptors (Lipinski definition) is 4. The Morgan fingerprint density at radius 2 is 2.54 bits per heavy atom. The molecule has 0 aliphatic carbocycles. The SMILES string of the molecule is c1cnc(NCC2CCCO2)cn1. The predicted octanol–water partition coefficient (Wildman–Crippen LogP) is 1.07. The van der Waals surface area contributed by atoms with Gasteiger partial charge in [-0.1, -0.05) is 0 Å². The minimum absolute atomic E-state index is 0.349. The normalized spacial score (nSPS) is 21.7. The van der Waals surface area contributed by atoms with Gasteiger partial charge in [0.1, 0.15) is 5.82 Å². The van der Waals surface area contributed by atoms with Gasteiger partial charge < -0.3 is 10.1 Å². The summed E-state index contributed by atoms with van der Waals surface area (Å²) < 4.78 is 5.46. The highest BCUT2D eigenvalue weighted by molar-refractivity contribution is 5.29. The minimum Gasteiger partial charge on any atom is -0.376 e. The first-order valence-electron chi connectivity index (χ1n) is 4.56. The lowest BCUT2D eigenvalue weighted by Crippen LogP contribution is -2.18. The second kappa shape index (κ2) is 4.18. The summed E-state index contributed by atoms with van der Waals surface area (Å²) in [7, 11) is 0. The molecule has 0 radical (unpaired) electrons. The van der Waals surface area contributed by atoms with E-state index in [0.29, 0.717) is 6.10 Å². The van der Waals surface area contributed by atoms with Crippen molar-refractivity contribution in [1.29, 1.82) is 0 Å². The topological polar surface area (TPSA) is 47.0 Å². The monoisotopic (exact) mass is 179 g/mol. The summed E-state index contributed by atoms with van der Waals surface area (Å²) in [6.45, 7) is 1.73. The quantitative estimate of drug-likeness (QED) is 0.754. The average molecular weight is 179 g/mol. The van der Waals surface area contributed by atoms with Gasteiger partial charge in [0.05, 0.1) is 12.3 Å². The Morgan fingerprint density at radius 1 is 1.54 bits per heavy atom. The third-order valence-electron chi connectivity index (χ3n) is 2.10. The van der Waals surface area contributed by atoms with E-state index >= 15 is 0 Å². The molecule has 1 aliphatic heterocycles. The van der Waals surface area contributed by atoms with Crippen molar-refractivity contribution in [3.05, 3.63) is 18.6 Å². The first-order chi connectivity index (χ1) is 6.45. The van der Waals surface area contributed by atoms with Crippen LogP contribution in [0.1, 0.15) is 12.8 Å². The molecule has 1 N–H and O–H groups in total. The Morgan fingerprint density at radius 3 is 3.23 bits per heavy atom. The van der Waals surface area contributed by atoms with E-state index in [1.807, 2.05) is 0 Å². The molecular formula is C9H13N3O. The van der Waals surface area contributed by atoms with E-state index in [9.17, 15) is 0 Å². The first kappa shape index (κ1) is 8.44. The molecule has 1 saturated heterocycles. The Kier molecular flexibility index (Phi) is 2.72. The summed E-state index contributed by atoms with van der Waals surface area (Å²) >= 11 is 0. The standard InChI is InChI=1S/C9H13N3O/c1-2-8(13-5-1)6-12-9-7-10-3-4-11-9/h3-4,7-8H,1-2,5-6H2,(H,11,12). The molecule has 1 aliphatic rings. The van der Waals surface area contributed by atoms with Crippen LogP contribution in [0.2, 0.25) is 0 Å². The van der Waals surface area contributed by atoms with Gasteiger partial charge in [-0.05, 0) is 12.8 Å². The van der Waals surface area contributed by atoms with Gasteiger partial charge in [0, 0.05) is 25.5 Å². The van der Waals surface area contributed by atoms with Crippen LogP contribution in [0.5, 0.6) is 0 Å². The third-order valence-corrected chi connectivity index (χ3v) is 2.10. The number of hydrogen-bond donors (Lipinski definition) is 1. The molecule has 2 heterocycles. The highest BCUT2D eigenvalue weighted by atomic mass is 16.5. The summed E-state index contributed by atoms with van der Waals surface area (Å²) in [6, 6.07) is 0. The van der Waals surface area contributed by atoms with Gasteiger partial charge in [0.25, 0.3) is 0 Å². The maximum Gasteiger partial charge on any atom is 0.144 e. The van der Waals surface area contributed by atoms with Crippen LogP contribution in [0.15, 0.2) is 18.6 Å². The van der Waals surface area contributed by atoms with Crippen molar-refractivity contribution in [3.63, 3.8) is 0 Å². The molecule has 0 amide bonds. The highest BCUT2D eigenvalue weighted by Crippen LogP contribution is 2.12. The molecular weight excluding hydrogens is 166 g/mol. The van der Waals surface area contributed by atoms with Crippen molar-refractivity contribution in [3.8, 4) is 0 Å². The van der Waals surface area contributed by atoms with Crippen LogP contribution in [0.3, 0.4) is 0 Å². The van der Waals surface area contributed by atoms with Crippen LogP contribution >= 0.6 is 0 Å². The lowest BCUT2D eigenvalue weighted by Gasteiger charge is -2.10. The van der Waals surface area contributed by atoms with Crippen LogP contribution in [-0.4, -0.2) is 29.2 Å². The fourth-order valence-corrected chi connectivity index (χ4v) is 1.41. The molecule has 0 saturated carbocycles. The Hall–Kier alpha value is -1.16. The fourth-order valence-electron chi connectivity index (χ4n) is 1.41. The lowest BCUT2D eigenvalue weighted by atomic mass is 10.2. The van der Waals surface area contributed by atoms with E-state index in [1.165, 1.54) is 6.42 Å². The molecule has 4 nitrogen and oxygen atoms in total. The zero-order chi connectivity index (χ0) is 8.93. The number of rotatable bonds is 3. The molecule has 1 aromatic heterocycles. The molecule has 2 rings (SSSR count). The number of nitrogens with one attached hydrogen (secondary N) is 1. The summed E-state index contributed by atoms with van der Waals surface area (Å²) in [5.41, 5.74) is 0. The largest absolute Gasteiger partial charge is 0.376 e. The molecule has 1 unspecified atom stereocenters. The molecule has 0 bridgehead atoms. The van der Waals surface area contributed by atoms with Crippen molar-refractivity contribution in [1.82, 2.24) is 9.97 Å². The summed E-state index contributed by atoms with van der Waals surface area (Å²) in [5.74, 6) is 0.818. The summed E-state index contributed by atoms with van der Waals surface area (Å²) in [6.07, 6.45) is 7.73. The third kappa shape index (κ3) is 2.39. The maximum absolute atomic E-state index is 5.46. The van der Waals surface area contributed by atoms with Crippen LogP contribution in [0.4, 0.5) is 5.82 Å². The maximum atomic E-state index is 5.46. The second-order valence-electron chi connectivity index (χ2n) is 3.11. The van der Waals surface area contributed by atoms with Gasteiger partial charge in [0.2, 0.25) is 0 Å². The number of aromatic nitrogens is 2. The zero-order valence-corrected chi connectivity index (χ0v) is 7.44. The average Bonchev–Trinajstić information content (AvgIpc) is 2.69. The van der Waals surface area contributed by atoms with Gasteiger partial charge in [-0.25, -0.2) is 4.98 Å². The smallest absolute Gasteiger partial charge is 0.144 e. The number of ether oxygens (including phenoxy) is 1. The highest BCUT2D eigenvalue weighted by Gasteiger charge is 2.14. The van der Waals surface area contributed by atoms with E-state index in [0.717, 1.165) is 25.4 Å². The van der Waals surface area contributed by atoms with Crippen LogP contribution in [0.25, 0.3) is 0 Å². The van der Waals surface area contributed by atoms with Crippen molar-refractivity contribution in [2.45, 2.75) is 18.9 Å². The first-order valence-corrected chi connectivity index (χ1v) is 4.56. The van der Waals surface area contributed by atoms with E-state index in [1.54, 1.807) is 18.6 Å². The van der Waals surface area contributed by atoms with Gasteiger partial charge in [-0.2, -0.15) is 0 Å². The Labute approximate surface area is 77.4 Å². The number of anilines is 1. The predicted molar refractivity (Wildman–Crippen MR) is 49.5 cm³/mol. The number of nitrogens with zero attached hydrogens (tertiary/aromatic N) is 2. The molecule has 13 heavy (non-hydrogen) atoms. The van der Waals surface area contributed by atoms with Crippen molar-refractivity contribution >= 4 is 5.82 Å². The van der Waals surface area contributed by atoms with Crippen molar-refractivity contribution in [2.24, 2.45) is 0 Å². The van der Waals surface area contributed by atoms with E-state index in [-0.39, 0.29) is 0 Å². The van der Waals surface area contributed by atoms with Gasteiger partial charge in [-0.15, -0.1) is 0 Å². The van der Waals surface area contributed by atoms with Crippen LogP contribution in [0, 0.1) is 0 Å². The molecule has 70 valence electrons. The Balaban J connectivity index is 1.79. The molecule has 0 aromatic carbocycles. The van der Waals surface area contributed by atoms with Crippen LogP contribution < -0.4 is 5.32 Å².